The molecule has 1 atom stereocenters. The number of hydrogen-bond donors (Lipinski definition) is 2. The van der Waals surface area contributed by atoms with E-state index in [0.717, 1.165) is 0 Å². The second-order valence-electron chi connectivity index (χ2n) is 4.35. The first-order valence-corrected chi connectivity index (χ1v) is 6.06. The molecule has 1 aromatic rings. The summed E-state index contributed by atoms with van der Waals surface area (Å²) in [4.78, 5) is 22.4. The van der Waals surface area contributed by atoms with Gasteiger partial charge >= 0.3 is 5.97 Å². The molecule has 1 unspecified atom stereocenters. The van der Waals surface area contributed by atoms with Gasteiger partial charge in [0.15, 0.2) is 0 Å². The second-order valence-corrected chi connectivity index (χ2v) is 4.35. The summed E-state index contributed by atoms with van der Waals surface area (Å²) in [5.74, 6) is -0.379. The van der Waals surface area contributed by atoms with E-state index in [1.165, 1.54) is 6.07 Å². The highest BCUT2D eigenvalue weighted by Gasteiger charge is 2.14. The number of aromatic carboxylic acids is 1. The molecule has 6 heteroatoms. The molecule has 6 nitrogen and oxygen atoms in total. The van der Waals surface area contributed by atoms with E-state index >= 15 is 0 Å². The maximum absolute atomic E-state index is 11.5. The topological polar surface area (TPSA) is 88.8 Å². The summed E-state index contributed by atoms with van der Waals surface area (Å²) in [6.45, 7) is 3.66. The Labute approximate surface area is 111 Å². The van der Waals surface area contributed by atoms with Crippen LogP contribution in [0.1, 0.15) is 41.6 Å². The van der Waals surface area contributed by atoms with Crippen molar-refractivity contribution in [1.29, 1.82) is 0 Å². The molecule has 0 saturated heterocycles. The lowest BCUT2D eigenvalue weighted by atomic mass is 10.2. The van der Waals surface area contributed by atoms with Crippen LogP contribution in [0, 0.1) is 6.92 Å². The van der Waals surface area contributed by atoms with Crippen LogP contribution >= 0.6 is 0 Å². The van der Waals surface area contributed by atoms with Gasteiger partial charge in [-0.25, -0.2) is 4.79 Å². The molecular weight excluding hydrogens is 250 g/mol. The van der Waals surface area contributed by atoms with Gasteiger partial charge < -0.3 is 19.6 Å². The van der Waals surface area contributed by atoms with E-state index in [0.29, 0.717) is 24.4 Å². The van der Waals surface area contributed by atoms with Gasteiger partial charge in [-0.15, -0.1) is 0 Å². The zero-order valence-electron chi connectivity index (χ0n) is 11.4. The SMILES string of the molecule is COC(C)CCC(=O)NCc1cc(C(=O)O)c(C)o1. The van der Waals surface area contributed by atoms with E-state index in [-0.39, 0.29) is 24.1 Å². The Morgan fingerprint density at radius 1 is 1.53 bits per heavy atom. The molecule has 1 aromatic heterocycles. The van der Waals surface area contributed by atoms with Crippen LogP contribution in [0.2, 0.25) is 0 Å². The number of methoxy groups -OCH3 is 1. The molecule has 0 aromatic carbocycles. The van der Waals surface area contributed by atoms with Crippen molar-refractivity contribution in [2.24, 2.45) is 0 Å². The highest BCUT2D eigenvalue weighted by atomic mass is 16.5. The van der Waals surface area contributed by atoms with E-state index in [1.54, 1.807) is 14.0 Å². The smallest absolute Gasteiger partial charge is 0.339 e. The molecule has 106 valence electrons. The third-order valence-corrected chi connectivity index (χ3v) is 2.84. The van der Waals surface area contributed by atoms with Gasteiger partial charge in [-0.3, -0.25) is 4.79 Å². The third-order valence-electron chi connectivity index (χ3n) is 2.84. The number of amides is 1. The Morgan fingerprint density at radius 2 is 2.21 bits per heavy atom. The van der Waals surface area contributed by atoms with Crippen molar-refractivity contribution in [3.05, 3.63) is 23.2 Å². The summed E-state index contributed by atoms with van der Waals surface area (Å²) in [6, 6.07) is 1.43. The first kappa shape index (κ1) is 15.2. The molecule has 0 aliphatic carbocycles. The molecule has 1 amide bonds. The van der Waals surface area contributed by atoms with Crippen LogP contribution in [0.25, 0.3) is 0 Å². The number of rotatable bonds is 7. The lowest BCUT2D eigenvalue weighted by Crippen LogP contribution is -2.23. The van der Waals surface area contributed by atoms with E-state index in [9.17, 15) is 9.59 Å². The maximum Gasteiger partial charge on any atom is 0.339 e. The molecule has 1 rings (SSSR count). The molecule has 0 spiro atoms. The summed E-state index contributed by atoms with van der Waals surface area (Å²) in [7, 11) is 1.60. The van der Waals surface area contributed by atoms with Crippen molar-refractivity contribution in [2.45, 2.75) is 39.3 Å². The highest BCUT2D eigenvalue weighted by Crippen LogP contribution is 2.14. The van der Waals surface area contributed by atoms with Crippen molar-refractivity contribution in [3.63, 3.8) is 0 Å². The van der Waals surface area contributed by atoms with Crippen molar-refractivity contribution >= 4 is 11.9 Å². The van der Waals surface area contributed by atoms with E-state index in [1.807, 2.05) is 6.92 Å². The number of carbonyl (C=O) groups excluding carboxylic acids is 1. The average Bonchev–Trinajstić information content (AvgIpc) is 2.74. The fourth-order valence-electron chi connectivity index (χ4n) is 1.57. The van der Waals surface area contributed by atoms with Gasteiger partial charge in [0.2, 0.25) is 5.91 Å². The standard InChI is InChI=1S/C13H19NO5/c1-8(18-3)4-5-12(15)14-7-10-6-11(13(16)17)9(2)19-10/h6,8H,4-5,7H2,1-3H3,(H,14,15)(H,16,17). The van der Waals surface area contributed by atoms with Crippen molar-refractivity contribution in [3.8, 4) is 0 Å². The first-order valence-electron chi connectivity index (χ1n) is 6.06. The molecule has 1 heterocycles. The van der Waals surface area contributed by atoms with Crippen LogP contribution in [0.5, 0.6) is 0 Å². The second kappa shape index (κ2) is 6.94. The van der Waals surface area contributed by atoms with E-state index < -0.39 is 5.97 Å². The predicted octanol–water partition coefficient (Wildman–Crippen LogP) is 1.72. The van der Waals surface area contributed by atoms with Crippen molar-refractivity contribution < 1.29 is 23.8 Å². The van der Waals surface area contributed by atoms with Gasteiger partial charge in [-0.2, -0.15) is 0 Å². The summed E-state index contributed by atoms with van der Waals surface area (Å²) < 4.78 is 10.3. The monoisotopic (exact) mass is 269 g/mol. The van der Waals surface area contributed by atoms with Gasteiger partial charge in [-0.05, 0) is 26.3 Å². The van der Waals surface area contributed by atoms with E-state index in [2.05, 4.69) is 5.32 Å². The Kier molecular flexibility index (Phi) is 5.57. The van der Waals surface area contributed by atoms with E-state index in [4.69, 9.17) is 14.3 Å². The quantitative estimate of drug-likeness (QED) is 0.786. The van der Waals surface area contributed by atoms with Crippen LogP contribution in [-0.2, 0) is 16.1 Å². The molecule has 0 saturated carbocycles. The Balaban J connectivity index is 2.42. The fourth-order valence-corrected chi connectivity index (χ4v) is 1.57. The highest BCUT2D eigenvalue weighted by molar-refractivity contribution is 5.88. The molecule has 0 aliphatic heterocycles. The van der Waals surface area contributed by atoms with Crippen LogP contribution in [0.4, 0.5) is 0 Å². The summed E-state index contributed by atoms with van der Waals surface area (Å²) in [6.07, 6.45) is 1.04. The summed E-state index contributed by atoms with van der Waals surface area (Å²) >= 11 is 0. The van der Waals surface area contributed by atoms with Gasteiger partial charge in [0.1, 0.15) is 17.1 Å². The number of aryl methyl sites for hydroxylation is 1. The number of ether oxygens (including phenoxy) is 1. The minimum atomic E-state index is -1.03. The number of carbonyl (C=O) groups is 2. The van der Waals surface area contributed by atoms with Gasteiger partial charge in [-0.1, -0.05) is 0 Å². The number of furan rings is 1. The third kappa shape index (κ3) is 4.75. The summed E-state index contributed by atoms with van der Waals surface area (Å²) in [5.41, 5.74) is 0.122. The van der Waals surface area contributed by atoms with Crippen molar-refractivity contribution in [1.82, 2.24) is 5.32 Å². The lowest BCUT2D eigenvalue weighted by molar-refractivity contribution is -0.121. The van der Waals surface area contributed by atoms with Crippen LogP contribution in [-0.4, -0.2) is 30.2 Å². The van der Waals surface area contributed by atoms with Gasteiger partial charge in [0.25, 0.3) is 0 Å². The molecule has 0 fully saturated rings. The molecule has 0 bridgehead atoms. The zero-order valence-corrected chi connectivity index (χ0v) is 11.4. The molecule has 0 aliphatic rings. The molecule has 2 N–H and O–H groups in total. The van der Waals surface area contributed by atoms with Crippen LogP contribution < -0.4 is 5.32 Å². The van der Waals surface area contributed by atoms with Crippen LogP contribution in [0.3, 0.4) is 0 Å². The largest absolute Gasteiger partial charge is 0.478 e. The molecule has 0 radical (unpaired) electrons. The average molecular weight is 269 g/mol. The molecular formula is C13H19NO5. The Bertz CT molecular complexity index is 452. The number of hydrogen-bond acceptors (Lipinski definition) is 4. The lowest BCUT2D eigenvalue weighted by Gasteiger charge is -2.08. The Hall–Kier alpha value is -1.82. The maximum atomic E-state index is 11.5. The van der Waals surface area contributed by atoms with Crippen LogP contribution in [0.15, 0.2) is 10.5 Å². The number of carboxylic acid groups (broad SMARTS) is 1. The normalized spacial score (nSPS) is 12.2. The van der Waals surface area contributed by atoms with Gasteiger partial charge in [0, 0.05) is 13.5 Å². The minimum Gasteiger partial charge on any atom is -0.478 e. The number of nitrogens with one attached hydrogen (secondary N) is 1. The Morgan fingerprint density at radius 3 is 2.74 bits per heavy atom. The number of carboxylic acids is 1. The zero-order chi connectivity index (χ0) is 14.4. The molecule has 19 heavy (non-hydrogen) atoms. The first-order chi connectivity index (χ1) is 8.93. The van der Waals surface area contributed by atoms with Gasteiger partial charge in [0.05, 0.1) is 12.6 Å². The minimum absolute atomic E-state index is 0.0372. The summed E-state index contributed by atoms with van der Waals surface area (Å²) in [5, 5.41) is 11.5. The fraction of sp³-hybridized carbons (Fsp3) is 0.538. The van der Waals surface area contributed by atoms with Crippen molar-refractivity contribution in [2.75, 3.05) is 7.11 Å². The predicted molar refractivity (Wildman–Crippen MR) is 68.0 cm³/mol.